The van der Waals surface area contributed by atoms with Crippen LogP contribution in [-0.2, 0) is 11.0 Å². The predicted molar refractivity (Wildman–Crippen MR) is 128 cm³/mol. The third-order valence-corrected chi connectivity index (χ3v) is 5.15. The van der Waals surface area contributed by atoms with Gasteiger partial charge in [-0.15, -0.1) is 0 Å². The lowest BCUT2D eigenvalue weighted by Crippen LogP contribution is -2.20. The average Bonchev–Trinajstić information content (AvgIpc) is 2.84. The number of carbonyl (C=O) groups excluding carboxylic acids is 2. The molecule has 0 radical (unpaired) electrons. The standard InChI is InChI=1S/C24H18BrF4N3O4/c1-35-20-10-14(12-30-32-23(34)15-3-2-4-16(11-15)24(27,28)29)9-19(25)22(20)36-13-21(33)31-18-7-5-17(26)6-8-18/h2-12H,13H2,1H3,(H,31,33)(H,32,34)/b30-12-. The summed E-state index contributed by atoms with van der Waals surface area (Å²) in [4.78, 5) is 24.3. The van der Waals surface area contributed by atoms with Crippen LogP contribution in [0.5, 0.6) is 11.5 Å². The monoisotopic (exact) mass is 567 g/mol. The van der Waals surface area contributed by atoms with Gasteiger partial charge >= 0.3 is 6.18 Å². The number of hydrazone groups is 1. The summed E-state index contributed by atoms with van der Waals surface area (Å²) in [6.07, 6.45) is -3.32. The van der Waals surface area contributed by atoms with Crippen LogP contribution in [0.1, 0.15) is 21.5 Å². The molecule has 3 aromatic carbocycles. The zero-order chi connectivity index (χ0) is 26.3. The topological polar surface area (TPSA) is 89.0 Å². The summed E-state index contributed by atoms with van der Waals surface area (Å²) in [5.41, 5.74) is 1.86. The van der Waals surface area contributed by atoms with E-state index in [0.29, 0.717) is 15.7 Å². The lowest BCUT2D eigenvalue weighted by Gasteiger charge is -2.13. The smallest absolute Gasteiger partial charge is 0.416 e. The second kappa shape index (κ2) is 11.7. The number of nitrogens with one attached hydrogen (secondary N) is 2. The van der Waals surface area contributed by atoms with Gasteiger partial charge in [-0.05, 0) is 76.1 Å². The number of benzene rings is 3. The SMILES string of the molecule is COc1cc(/C=N\NC(=O)c2cccc(C(F)(F)F)c2)cc(Br)c1OCC(=O)Nc1ccc(F)cc1. The van der Waals surface area contributed by atoms with Gasteiger partial charge in [-0.3, -0.25) is 9.59 Å². The van der Waals surface area contributed by atoms with Crippen molar-refractivity contribution in [3.63, 3.8) is 0 Å². The van der Waals surface area contributed by atoms with E-state index in [9.17, 15) is 27.2 Å². The van der Waals surface area contributed by atoms with E-state index in [2.05, 4.69) is 31.8 Å². The molecule has 2 amide bonds. The van der Waals surface area contributed by atoms with Crippen molar-refractivity contribution < 1.29 is 36.6 Å². The molecular formula is C24H18BrF4N3O4. The fraction of sp³-hybridized carbons (Fsp3) is 0.125. The summed E-state index contributed by atoms with van der Waals surface area (Å²) in [6.45, 7) is -0.368. The first-order chi connectivity index (χ1) is 17.1. The van der Waals surface area contributed by atoms with Crippen molar-refractivity contribution in [2.24, 2.45) is 5.10 Å². The molecular weight excluding hydrogens is 550 g/mol. The van der Waals surface area contributed by atoms with E-state index in [1.807, 2.05) is 0 Å². The summed E-state index contributed by atoms with van der Waals surface area (Å²) < 4.78 is 62.7. The van der Waals surface area contributed by atoms with Crippen LogP contribution in [-0.4, -0.2) is 31.7 Å². The Hall–Kier alpha value is -3.93. The van der Waals surface area contributed by atoms with Crippen LogP contribution in [0.2, 0.25) is 0 Å². The molecule has 0 aliphatic rings. The molecule has 0 bridgehead atoms. The van der Waals surface area contributed by atoms with Crippen molar-refractivity contribution in [1.29, 1.82) is 0 Å². The number of rotatable bonds is 8. The van der Waals surface area contributed by atoms with Crippen LogP contribution in [0.4, 0.5) is 23.2 Å². The number of nitrogens with zero attached hydrogens (tertiary/aromatic N) is 1. The Morgan fingerprint density at radius 1 is 1.08 bits per heavy atom. The fourth-order valence-electron chi connectivity index (χ4n) is 2.89. The van der Waals surface area contributed by atoms with Gasteiger partial charge in [0.1, 0.15) is 5.82 Å². The Morgan fingerprint density at radius 3 is 2.47 bits per heavy atom. The number of carbonyl (C=O) groups is 2. The summed E-state index contributed by atoms with van der Waals surface area (Å²) >= 11 is 3.31. The minimum Gasteiger partial charge on any atom is -0.493 e. The molecule has 12 heteroatoms. The fourth-order valence-corrected chi connectivity index (χ4v) is 3.46. The summed E-state index contributed by atoms with van der Waals surface area (Å²) in [7, 11) is 1.38. The largest absolute Gasteiger partial charge is 0.493 e. The van der Waals surface area contributed by atoms with E-state index in [1.54, 1.807) is 6.07 Å². The maximum atomic E-state index is 13.0. The number of ether oxygens (including phenoxy) is 2. The van der Waals surface area contributed by atoms with Crippen LogP contribution in [0.25, 0.3) is 0 Å². The van der Waals surface area contributed by atoms with Gasteiger partial charge in [0.15, 0.2) is 18.1 Å². The Kier molecular flexibility index (Phi) is 8.64. The maximum Gasteiger partial charge on any atom is 0.416 e. The molecule has 36 heavy (non-hydrogen) atoms. The van der Waals surface area contributed by atoms with Gasteiger partial charge in [-0.25, -0.2) is 9.82 Å². The molecule has 0 fully saturated rings. The van der Waals surface area contributed by atoms with Gasteiger partial charge in [-0.1, -0.05) is 6.07 Å². The minimum absolute atomic E-state index is 0.205. The lowest BCUT2D eigenvalue weighted by molar-refractivity contribution is -0.137. The molecule has 2 N–H and O–H groups in total. The van der Waals surface area contributed by atoms with Gasteiger partial charge in [0, 0.05) is 11.3 Å². The molecule has 0 aliphatic heterocycles. The zero-order valence-electron chi connectivity index (χ0n) is 18.5. The van der Waals surface area contributed by atoms with Crippen LogP contribution in [0.3, 0.4) is 0 Å². The Balaban J connectivity index is 1.63. The summed E-state index contributed by atoms with van der Waals surface area (Å²) in [5.74, 6) is -1.28. The van der Waals surface area contributed by atoms with Gasteiger partial charge in [0.05, 0.1) is 23.4 Å². The minimum atomic E-state index is -4.58. The van der Waals surface area contributed by atoms with E-state index in [-0.39, 0.29) is 23.7 Å². The third-order valence-electron chi connectivity index (χ3n) is 4.56. The molecule has 0 saturated heterocycles. The number of methoxy groups -OCH3 is 1. The molecule has 0 spiro atoms. The number of hydrogen-bond donors (Lipinski definition) is 2. The third kappa shape index (κ3) is 7.28. The molecule has 0 aromatic heterocycles. The number of amides is 2. The highest BCUT2D eigenvalue weighted by Gasteiger charge is 2.30. The van der Waals surface area contributed by atoms with Crippen LogP contribution in [0.15, 0.2) is 70.2 Å². The highest BCUT2D eigenvalue weighted by Crippen LogP contribution is 2.36. The number of anilines is 1. The Morgan fingerprint density at radius 2 is 1.81 bits per heavy atom. The van der Waals surface area contributed by atoms with Crippen LogP contribution in [0, 0.1) is 5.82 Å². The predicted octanol–water partition coefficient (Wildman–Crippen LogP) is 5.40. The molecule has 3 aromatic rings. The molecule has 188 valence electrons. The maximum absolute atomic E-state index is 13.0. The van der Waals surface area contributed by atoms with Crippen molar-refractivity contribution in [3.05, 3.63) is 87.6 Å². The second-order valence-electron chi connectivity index (χ2n) is 7.16. The van der Waals surface area contributed by atoms with E-state index < -0.39 is 29.4 Å². The van der Waals surface area contributed by atoms with E-state index in [0.717, 1.165) is 18.2 Å². The zero-order valence-corrected chi connectivity index (χ0v) is 20.1. The van der Waals surface area contributed by atoms with E-state index in [1.165, 1.54) is 49.7 Å². The van der Waals surface area contributed by atoms with Crippen molar-refractivity contribution in [1.82, 2.24) is 5.43 Å². The van der Waals surface area contributed by atoms with Crippen LogP contribution < -0.4 is 20.2 Å². The first-order valence-electron chi connectivity index (χ1n) is 10.1. The van der Waals surface area contributed by atoms with Crippen molar-refractivity contribution in [2.75, 3.05) is 19.0 Å². The van der Waals surface area contributed by atoms with Gasteiger partial charge in [0.2, 0.25) is 0 Å². The first-order valence-corrected chi connectivity index (χ1v) is 10.9. The number of hydrogen-bond acceptors (Lipinski definition) is 5. The molecule has 0 atom stereocenters. The molecule has 3 rings (SSSR count). The van der Waals surface area contributed by atoms with Gasteiger partial charge < -0.3 is 14.8 Å². The molecule has 0 heterocycles. The Bertz CT molecular complexity index is 1280. The molecule has 0 saturated carbocycles. The van der Waals surface area contributed by atoms with Gasteiger partial charge in [-0.2, -0.15) is 18.3 Å². The van der Waals surface area contributed by atoms with Gasteiger partial charge in [0.25, 0.3) is 11.8 Å². The molecule has 0 aliphatic carbocycles. The average molecular weight is 568 g/mol. The molecule has 7 nitrogen and oxygen atoms in total. The number of halogens is 5. The first kappa shape index (κ1) is 26.7. The highest BCUT2D eigenvalue weighted by atomic mass is 79.9. The quantitative estimate of drug-likeness (QED) is 0.217. The van der Waals surface area contributed by atoms with E-state index >= 15 is 0 Å². The molecule has 0 unspecified atom stereocenters. The second-order valence-corrected chi connectivity index (χ2v) is 8.01. The number of alkyl halides is 3. The normalized spacial score (nSPS) is 11.3. The van der Waals surface area contributed by atoms with Crippen molar-refractivity contribution >= 4 is 39.6 Å². The lowest BCUT2D eigenvalue weighted by atomic mass is 10.1. The van der Waals surface area contributed by atoms with Crippen molar-refractivity contribution in [2.45, 2.75) is 6.18 Å². The van der Waals surface area contributed by atoms with Crippen LogP contribution >= 0.6 is 15.9 Å². The van der Waals surface area contributed by atoms with Crippen molar-refractivity contribution in [3.8, 4) is 11.5 Å². The Labute approximate surface area is 211 Å². The van der Waals surface area contributed by atoms with E-state index in [4.69, 9.17) is 9.47 Å². The highest BCUT2D eigenvalue weighted by molar-refractivity contribution is 9.10. The summed E-state index contributed by atoms with van der Waals surface area (Å²) in [5, 5.41) is 6.33. The summed E-state index contributed by atoms with van der Waals surface area (Å²) in [6, 6.07) is 12.3.